The van der Waals surface area contributed by atoms with Crippen LogP contribution in [0.2, 0.25) is 0 Å². The Balaban J connectivity index is 1.58. The first-order valence-electron chi connectivity index (χ1n) is 8.33. The molecule has 3 aromatic rings. The molecule has 0 saturated heterocycles. The minimum absolute atomic E-state index is 0.204. The lowest BCUT2D eigenvalue weighted by Crippen LogP contribution is -2.10. The third-order valence-corrected chi connectivity index (χ3v) is 3.85. The fraction of sp³-hybridized carbons (Fsp3) is 0.211. The van der Waals surface area contributed by atoms with Crippen LogP contribution in [0.1, 0.15) is 5.56 Å². The van der Waals surface area contributed by atoms with E-state index in [-0.39, 0.29) is 5.82 Å². The van der Waals surface area contributed by atoms with Crippen LogP contribution in [-0.4, -0.2) is 35.8 Å². The molecule has 7 heteroatoms. The molecule has 0 atom stereocenters. The lowest BCUT2D eigenvalue weighted by Gasteiger charge is -2.13. The Morgan fingerprint density at radius 1 is 1.04 bits per heavy atom. The summed E-state index contributed by atoms with van der Waals surface area (Å²) >= 11 is 0. The summed E-state index contributed by atoms with van der Waals surface area (Å²) in [7, 11) is 3.99. The molecule has 6 nitrogen and oxygen atoms in total. The summed E-state index contributed by atoms with van der Waals surface area (Å²) in [4.78, 5) is 6.41. The molecule has 0 amide bonds. The minimum Gasteiger partial charge on any atom is -0.378 e. The van der Waals surface area contributed by atoms with Crippen molar-refractivity contribution in [3.05, 3.63) is 66.1 Å². The molecule has 0 spiro atoms. The average molecular weight is 352 g/mol. The van der Waals surface area contributed by atoms with Gasteiger partial charge in [-0.25, -0.2) is 4.39 Å². The van der Waals surface area contributed by atoms with Gasteiger partial charge in [-0.1, -0.05) is 18.2 Å². The smallest absolute Gasteiger partial charge is 0.244 e. The van der Waals surface area contributed by atoms with Crippen LogP contribution in [0.15, 0.2) is 54.7 Å². The van der Waals surface area contributed by atoms with Crippen molar-refractivity contribution in [2.75, 3.05) is 36.2 Å². The zero-order chi connectivity index (χ0) is 18.4. The summed E-state index contributed by atoms with van der Waals surface area (Å²) in [6.07, 6.45) is 2.10. The molecule has 0 aliphatic rings. The van der Waals surface area contributed by atoms with Gasteiger partial charge in [-0.2, -0.15) is 10.1 Å². The van der Waals surface area contributed by atoms with E-state index in [0.29, 0.717) is 30.3 Å². The molecule has 0 radical (unpaired) electrons. The predicted molar refractivity (Wildman–Crippen MR) is 102 cm³/mol. The van der Waals surface area contributed by atoms with Gasteiger partial charge in [0.05, 0.1) is 6.20 Å². The molecule has 2 N–H and O–H groups in total. The summed E-state index contributed by atoms with van der Waals surface area (Å²) in [6.45, 7) is 0.517. The Labute approximate surface area is 152 Å². The number of nitrogens with zero attached hydrogens (tertiary/aromatic N) is 4. The van der Waals surface area contributed by atoms with Gasteiger partial charge in [0, 0.05) is 32.0 Å². The highest BCUT2D eigenvalue weighted by atomic mass is 19.1. The van der Waals surface area contributed by atoms with Crippen molar-refractivity contribution in [1.82, 2.24) is 15.2 Å². The Morgan fingerprint density at radius 2 is 1.81 bits per heavy atom. The Hall–Kier alpha value is -3.22. The maximum atomic E-state index is 13.6. The monoisotopic (exact) mass is 352 g/mol. The normalized spacial score (nSPS) is 10.4. The van der Waals surface area contributed by atoms with Crippen LogP contribution in [0.3, 0.4) is 0 Å². The van der Waals surface area contributed by atoms with Crippen LogP contribution >= 0.6 is 0 Å². The van der Waals surface area contributed by atoms with E-state index in [2.05, 4.69) is 25.8 Å². The quantitative estimate of drug-likeness (QED) is 0.679. The fourth-order valence-electron chi connectivity index (χ4n) is 2.44. The minimum atomic E-state index is -0.204. The van der Waals surface area contributed by atoms with E-state index in [4.69, 9.17) is 0 Å². The Kier molecular flexibility index (Phi) is 5.58. The number of nitrogens with one attached hydrogen (secondary N) is 2. The lowest BCUT2D eigenvalue weighted by molar-refractivity contribution is 0.610. The molecule has 0 aliphatic carbocycles. The van der Waals surface area contributed by atoms with Gasteiger partial charge in [-0.05, 0) is 42.3 Å². The summed E-state index contributed by atoms with van der Waals surface area (Å²) < 4.78 is 13.6. The number of benzene rings is 2. The van der Waals surface area contributed by atoms with E-state index in [1.54, 1.807) is 18.3 Å². The second-order valence-corrected chi connectivity index (χ2v) is 6.00. The SMILES string of the molecule is CN(C)c1ccc(Nc2cnnc(NCCc3ccccc3F)n2)cc1. The van der Waals surface area contributed by atoms with Gasteiger partial charge in [0.2, 0.25) is 5.95 Å². The number of hydrogen-bond acceptors (Lipinski definition) is 6. The van der Waals surface area contributed by atoms with E-state index >= 15 is 0 Å². The van der Waals surface area contributed by atoms with Crippen molar-refractivity contribution < 1.29 is 4.39 Å². The van der Waals surface area contributed by atoms with Gasteiger partial charge in [-0.3, -0.25) is 0 Å². The molecule has 0 aliphatic heterocycles. The third kappa shape index (κ3) is 4.66. The second kappa shape index (κ2) is 8.24. The molecule has 0 fully saturated rings. The zero-order valence-corrected chi connectivity index (χ0v) is 14.8. The van der Waals surface area contributed by atoms with E-state index in [1.165, 1.54) is 6.07 Å². The molecular weight excluding hydrogens is 331 g/mol. The Bertz CT molecular complexity index is 851. The summed E-state index contributed by atoms with van der Waals surface area (Å²) in [5, 5.41) is 14.2. The van der Waals surface area contributed by atoms with Crippen LogP contribution in [0, 0.1) is 5.82 Å². The molecule has 3 rings (SSSR count). The van der Waals surface area contributed by atoms with Gasteiger partial charge >= 0.3 is 0 Å². The van der Waals surface area contributed by atoms with Crippen LogP contribution < -0.4 is 15.5 Å². The van der Waals surface area contributed by atoms with Crippen molar-refractivity contribution in [2.45, 2.75) is 6.42 Å². The molecule has 0 unspecified atom stereocenters. The number of hydrogen-bond donors (Lipinski definition) is 2. The van der Waals surface area contributed by atoms with E-state index in [9.17, 15) is 4.39 Å². The summed E-state index contributed by atoms with van der Waals surface area (Å²) in [6, 6.07) is 14.7. The van der Waals surface area contributed by atoms with E-state index in [0.717, 1.165) is 11.4 Å². The summed E-state index contributed by atoms with van der Waals surface area (Å²) in [5.41, 5.74) is 2.68. The molecule has 1 heterocycles. The Morgan fingerprint density at radius 3 is 2.54 bits per heavy atom. The first kappa shape index (κ1) is 17.6. The molecule has 0 bridgehead atoms. The van der Waals surface area contributed by atoms with Crippen LogP contribution in [-0.2, 0) is 6.42 Å². The van der Waals surface area contributed by atoms with E-state index in [1.807, 2.05) is 49.3 Å². The maximum Gasteiger partial charge on any atom is 0.244 e. The molecule has 1 aromatic heterocycles. The largest absolute Gasteiger partial charge is 0.378 e. The predicted octanol–water partition coefficient (Wildman–Crippen LogP) is 3.47. The van der Waals surface area contributed by atoms with Crippen molar-refractivity contribution in [3.63, 3.8) is 0 Å². The highest BCUT2D eigenvalue weighted by molar-refractivity contribution is 5.60. The molecule has 0 saturated carbocycles. The van der Waals surface area contributed by atoms with Crippen LogP contribution in [0.25, 0.3) is 0 Å². The average Bonchev–Trinajstić information content (AvgIpc) is 2.64. The molecule has 26 heavy (non-hydrogen) atoms. The van der Waals surface area contributed by atoms with E-state index < -0.39 is 0 Å². The van der Waals surface area contributed by atoms with Crippen molar-refractivity contribution >= 4 is 23.1 Å². The molecule has 2 aromatic carbocycles. The van der Waals surface area contributed by atoms with Crippen molar-refractivity contribution in [1.29, 1.82) is 0 Å². The van der Waals surface area contributed by atoms with Gasteiger partial charge in [0.15, 0.2) is 5.82 Å². The van der Waals surface area contributed by atoms with Crippen molar-refractivity contribution in [3.8, 4) is 0 Å². The maximum absolute atomic E-state index is 13.6. The number of anilines is 4. The zero-order valence-electron chi connectivity index (χ0n) is 14.8. The van der Waals surface area contributed by atoms with Gasteiger partial charge in [-0.15, -0.1) is 5.10 Å². The number of halogens is 1. The third-order valence-electron chi connectivity index (χ3n) is 3.85. The first-order valence-corrected chi connectivity index (χ1v) is 8.33. The highest BCUT2D eigenvalue weighted by Gasteiger charge is 2.04. The topological polar surface area (TPSA) is 66.0 Å². The van der Waals surface area contributed by atoms with Gasteiger partial charge < -0.3 is 15.5 Å². The standard InChI is InChI=1S/C19H21FN6/c1-26(2)16-9-7-15(8-10-16)23-18-13-22-25-19(24-18)21-12-11-14-5-3-4-6-17(14)20/h3-10,13H,11-12H2,1-2H3,(H2,21,23,24,25). The highest BCUT2D eigenvalue weighted by Crippen LogP contribution is 2.19. The lowest BCUT2D eigenvalue weighted by atomic mass is 10.1. The van der Waals surface area contributed by atoms with Crippen LogP contribution in [0.4, 0.5) is 27.5 Å². The summed E-state index contributed by atoms with van der Waals surface area (Å²) in [5.74, 6) is 0.784. The second-order valence-electron chi connectivity index (χ2n) is 6.00. The molecule has 134 valence electrons. The van der Waals surface area contributed by atoms with Gasteiger partial charge in [0.25, 0.3) is 0 Å². The van der Waals surface area contributed by atoms with Crippen LogP contribution in [0.5, 0.6) is 0 Å². The number of rotatable bonds is 7. The van der Waals surface area contributed by atoms with Gasteiger partial charge in [0.1, 0.15) is 5.82 Å². The number of aromatic nitrogens is 3. The first-order chi connectivity index (χ1) is 12.6. The van der Waals surface area contributed by atoms with Crippen molar-refractivity contribution in [2.24, 2.45) is 0 Å². The fourth-order valence-corrected chi connectivity index (χ4v) is 2.44. The molecular formula is C19H21FN6.